The summed E-state index contributed by atoms with van der Waals surface area (Å²) in [5, 5.41) is 6.25. The van der Waals surface area contributed by atoms with Gasteiger partial charge < -0.3 is 10.6 Å². The standard InChI is InChI=1S/C15H21FN2O.ClH/c1-15(8-2-9-17-11-15)14(19)18-10-7-12-3-5-13(16)6-4-12;/h3-6,17H,2,7-11H2,1H3,(H,18,19);1H. The van der Waals surface area contributed by atoms with E-state index in [4.69, 9.17) is 0 Å². The first-order valence-electron chi connectivity index (χ1n) is 6.84. The smallest absolute Gasteiger partial charge is 0.227 e. The zero-order valence-electron chi connectivity index (χ0n) is 11.7. The maximum atomic E-state index is 12.8. The van der Waals surface area contributed by atoms with E-state index in [9.17, 15) is 9.18 Å². The van der Waals surface area contributed by atoms with Crippen LogP contribution in [0.15, 0.2) is 24.3 Å². The van der Waals surface area contributed by atoms with Crippen LogP contribution in [0.3, 0.4) is 0 Å². The van der Waals surface area contributed by atoms with Gasteiger partial charge in [0.15, 0.2) is 0 Å². The van der Waals surface area contributed by atoms with Crippen molar-refractivity contribution < 1.29 is 9.18 Å². The van der Waals surface area contributed by atoms with Crippen LogP contribution in [0.5, 0.6) is 0 Å². The molecule has 0 spiro atoms. The maximum absolute atomic E-state index is 12.8. The highest BCUT2D eigenvalue weighted by molar-refractivity contribution is 5.85. The van der Waals surface area contributed by atoms with Gasteiger partial charge in [0.1, 0.15) is 5.82 Å². The van der Waals surface area contributed by atoms with Crippen LogP contribution in [-0.2, 0) is 11.2 Å². The molecule has 1 saturated heterocycles. The fourth-order valence-corrected chi connectivity index (χ4v) is 2.43. The number of benzene rings is 1. The number of piperidine rings is 1. The highest BCUT2D eigenvalue weighted by atomic mass is 35.5. The molecule has 1 aromatic rings. The molecule has 3 nitrogen and oxygen atoms in total. The molecule has 1 aliphatic heterocycles. The van der Waals surface area contributed by atoms with Gasteiger partial charge >= 0.3 is 0 Å². The Labute approximate surface area is 125 Å². The van der Waals surface area contributed by atoms with Crippen molar-refractivity contribution in [3.8, 4) is 0 Å². The van der Waals surface area contributed by atoms with Crippen LogP contribution >= 0.6 is 12.4 Å². The molecule has 1 atom stereocenters. The van der Waals surface area contributed by atoms with E-state index in [-0.39, 0.29) is 29.5 Å². The predicted molar refractivity (Wildman–Crippen MR) is 80.6 cm³/mol. The zero-order chi connectivity index (χ0) is 13.7. The number of hydrogen-bond acceptors (Lipinski definition) is 2. The van der Waals surface area contributed by atoms with Crippen molar-refractivity contribution in [3.63, 3.8) is 0 Å². The lowest BCUT2D eigenvalue weighted by Crippen LogP contribution is -2.49. The quantitative estimate of drug-likeness (QED) is 0.896. The van der Waals surface area contributed by atoms with E-state index in [1.54, 1.807) is 12.1 Å². The minimum Gasteiger partial charge on any atom is -0.355 e. The van der Waals surface area contributed by atoms with Gasteiger partial charge in [0, 0.05) is 13.1 Å². The van der Waals surface area contributed by atoms with E-state index >= 15 is 0 Å². The third-order valence-corrected chi connectivity index (χ3v) is 3.76. The average molecular weight is 301 g/mol. The molecule has 1 heterocycles. The molecule has 0 aromatic heterocycles. The summed E-state index contributed by atoms with van der Waals surface area (Å²) in [6.45, 7) is 4.35. The topological polar surface area (TPSA) is 41.1 Å². The number of rotatable bonds is 4. The van der Waals surface area contributed by atoms with Gasteiger partial charge in [-0.2, -0.15) is 0 Å². The summed E-state index contributed by atoms with van der Waals surface area (Å²) in [4.78, 5) is 12.2. The van der Waals surface area contributed by atoms with Crippen LogP contribution in [-0.4, -0.2) is 25.5 Å². The molecule has 1 unspecified atom stereocenters. The third-order valence-electron chi connectivity index (χ3n) is 3.76. The van der Waals surface area contributed by atoms with Gasteiger partial charge in [-0.15, -0.1) is 12.4 Å². The van der Waals surface area contributed by atoms with E-state index < -0.39 is 0 Å². The molecule has 0 aliphatic carbocycles. The van der Waals surface area contributed by atoms with Crippen LogP contribution < -0.4 is 10.6 Å². The summed E-state index contributed by atoms with van der Waals surface area (Å²) in [7, 11) is 0. The summed E-state index contributed by atoms with van der Waals surface area (Å²) < 4.78 is 12.8. The van der Waals surface area contributed by atoms with Crippen molar-refractivity contribution in [2.24, 2.45) is 5.41 Å². The molecule has 1 aliphatic rings. The van der Waals surface area contributed by atoms with Gasteiger partial charge in [-0.25, -0.2) is 4.39 Å². The second-order valence-corrected chi connectivity index (χ2v) is 5.47. The summed E-state index contributed by atoms with van der Waals surface area (Å²) in [6.07, 6.45) is 2.71. The zero-order valence-corrected chi connectivity index (χ0v) is 12.6. The fraction of sp³-hybridized carbons (Fsp3) is 0.533. The van der Waals surface area contributed by atoms with E-state index in [1.807, 2.05) is 6.92 Å². The van der Waals surface area contributed by atoms with Gasteiger partial charge in [-0.3, -0.25) is 4.79 Å². The minimum absolute atomic E-state index is 0. The molecule has 20 heavy (non-hydrogen) atoms. The largest absolute Gasteiger partial charge is 0.355 e. The molecule has 0 bridgehead atoms. The van der Waals surface area contributed by atoms with Gasteiger partial charge in [-0.1, -0.05) is 12.1 Å². The van der Waals surface area contributed by atoms with E-state index in [0.717, 1.165) is 37.9 Å². The first-order valence-corrected chi connectivity index (χ1v) is 6.84. The van der Waals surface area contributed by atoms with Gasteiger partial charge in [0.05, 0.1) is 5.41 Å². The van der Waals surface area contributed by atoms with Gasteiger partial charge in [0.25, 0.3) is 0 Å². The summed E-state index contributed by atoms with van der Waals surface area (Å²) >= 11 is 0. The van der Waals surface area contributed by atoms with Crippen LogP contribution in [0.1, 0.15) is 25.3 Å². The molecule has 2 rings (SSSR count). The molecule has 0 saturated carbocycles. The molecule has 1 aromatic carbocycles. The van der Waals surface area contributed by atoms with Crippen molar-refractivity contribution in [1.82, 2.24) is 10.6 Å². The molecule has 1 amide bonds. The molecular formula is C15H22ClFN2O. The Morgan fingerprint density at radius 2 is 2.10 bits per heavy atom. The SMILES string of the molecule is CC1(C(=O)NCCc2ccc(F)cc2)CCCNC1.Cl. The third kappa shape index (κ3) is 4.46. The monoisotopic (exact) mass is 300 g/mol. The van der Waals surface area contributed by atoms with Crippen molar-refractivity contribution >= 4 is 18.3 Å². The Hall–Kier alpha value is -1.13. The molecule has 5 heteroatoms. The van der Waals surface area contributed by atoms with E-state index in [0.29, 0.717) is 6.54 Å². The van der Waals surface area contributed by atoms with Crippen molar-refractivity contribution in [1.29, 1.82) is 0 Å². The van der Waals surface area contributed by atoms with E-state index in [2.05, 4.69) is 10.6 Å². The molecule has 1 fully saturated rings. The predicted octanol–water partition coefficient (Wildman–Crippen LogP) is 2.30. The fourth-order valence-electron chi connectivity index (χ4n) is 2.43. The molecule has 112 valence electrons. The molecular weight excluding hydrogens is 279 g/mol. The molecule has 2 N–H and O–H groups in total. The number of carbonyl (C=O) groups is 1. The average Bonchev–Trinajstić information content (AvgIpc) is 2.42. The van der Waals surface area contributed by atoms with Gasteiger partial charge in [0.2, 0.25) is 5.91 Å². The van der Waals surface area contributed by atoms with Crippen molar-refractivity contribution in [3.05, 3.63) is 35.6 Å². The Morgan fingerprint density at radius 3 is 2.70 bits per heavy atom. The van der Waals surface area contributed by atoms with E-state index in [1.165, 1.54) is 12.1 Å². The summed E-state index contributed by atoms with van der Waals surface area (Å²) in [5.41, 5.74) is 0.745. The summed E-state index contributed by atoms with van der Waals surface area (Å²) in [6, 6.07) is 6.41. The number of halogens is 2. The lowest BCUT2D eigenvalue weighted by atomic mass is 9.82. The minimum atomic E-state index is -0.291. The Kier molecular flexibility index (Phi) is 6.43. The maximum Gasteiger partial charge on any atom is 0.227 e. The van der Waals surface area contributed by atoms with Crippen molar-refractivity contribution in [2.45, 2.75) is 26.2 Å². The second kappa shape index (κ2) is 7.60. The lowest BCUT2D eigenvalue weighted by molar-refractivity contribution is -0.131. The number of amides is 1. The first-order chi connectivity index (χ1) is 9.10. The normalized spacial score (nSPS) is 21.9. The second-order valence-electron chi connectivity index (χ2n) is 5.47. The Morgan fingerprint density at radius 1 is 1.40 bits per heavy atom. The number of carbonyl (C=O) groups excluding carboxylic acids is 1. The number of hydrogen-bond donors (Lipinski definition) is 2. The Bertz CT molecular complexity index is 430. The highest BCUT2D eigenvalue weighted by Crippen LogP contribution is 2.25. The van der Waals surface area contributed by atoms with Crippen LogP contribution in [0.4, 0.5) is 4.39 Å². The van der Waals surface area contributed by atoms with Crippen molar-refractivity contribution in [2.75, 3.05) is 19.6 Å². The summed E-state index contributed by atoms with van der Waals surface area (Å²) in [5.74, 6) is -0.115. The van der Waals surface area contributed by atoms with Crippen LogP contribution in [0, 0.1) is 11.2 Å². The highest BCUT2D eigenvalue weighted by Gasteiger charge is 2.34. The Balaban J connectivity index is 0.00000200. The molecule has 0 radical (unpaired) electrons. The first kappa shape index (κ1) is 16.9. The van der Waals surface area contributed by atoms with Crippen LogP contribution in [0.2, 0.25) is 0 Å². The lowest BCUT2D eigenvalue weighted by Gasteiger charge is -2.32. The van der Waals surface area contributed by atoms with Crippen LogP contribution in [0.25, 0.3) is 0 Å². The number of nitrogens with one attached hydrogen (secondary N) is 2. The van der Waals surface area contributed by atoms with Gasteiger partial charge in [-0.05, 0) is 50.4 Å².